The summed E-state index contributed by atoms with van der Waals surface area (Å²) in [5.41, 5.74) is 0. The van der Waals surface area contributed by atoms with Crippen LogP contribution in [-0.2, 0) is 4.52 Å². The summed E-state index contributed by atoms with van der Waals surface area (Å²) in [4.78, 5) is 0. The van der Waals surface area contributed by atoms with Gasteiger partial charge < -0.3 is 4.52 Å². The van der Waals surface area contributed by atoms with Gasteiger partial charge in [-0.25, -0.2) is 0 Å². The lowest BCUT2D eigenvalue weighted by Crippen LogP contribution is -1.77. The van der Waals surface area contributed by atoms with Gasteiger partial charge in [0.25, 0.3) is 0 Å². The van der Waals surface area contributed by atoms with Crippen molar-refractivity contribution in [2.75, 3.05) is 12.5 Å². The standard InChI is InChI=1S/C4H4Cl3OP/c5-3-1-2-4-8-9(6)7/h3-4H2. The minimum Gasteiger partial charge on any atom is -0.319 e. The highest BCUT2D eigenvalue weighted by Crippen LogP contribution is 2.47. The minimum absolute atomic E-state index is 0.255. The van der Waals surface area contributed by atoms with Gasteiger partial charge >= 0.3 is 0 Å². The number of hydrogen-bond donors (Lipinski definition) is 0. The molecule has 0 unspecified atom stereocenters. The van der Waals surface area contributed by atoms with E-state index in [4.69, 9.17) is 38.6 Å². The van der Waals surface area contributed by atoms with Crippen LogP contribution in [0, 0.1) is 11.8 Å². The van der Waals surface area contributed by atoms with Crippen LogP contribution in [0.1, 0.15) is 0 Å². The molecule has 0 rings (SSSR count). The van der Waals surface area contributed by atoms with Gasteiger partial charge in [-0.1, -0.05) is 11.8 Å². The number of halogens is 3. The molecular formula is C4H4Cl3OP. The predicted molar refractivity (Wildman–Crippen MR) is 43.1 cm³/mol. The number of alkyl halides is 1. The average molecular weight is 205 g/mol. The van der Waals surface area contributed by atoms with E-state index in [2.05, 4.69) is 11.8 Å². The molecule has 1 nitrogen and oxygen atoms in total. The quantitative estimate of drug-likeness (QED) is 0.383. The van der Waals surface area contributed by atoms with E-state index >= 15 is 0 Å². The van der Waals surface area contributed by atoms with Gasteiger partial charge in [0, 0.05) is 0 Å². The van der Waals surface area contributed by atoms with Crippen LogP contribution >= 0.6 is 40.9 Å². The molecule has 0 aromatic rings. The van der Waals surface area contributed by atoms with Crippen LogP contribution in [-0.4, -0.2) is 12.5 Å². The zero-order valence-electron chi connectivity index (χ0n) is 4.40. The van der Waals surface area contributed by atoms with Crippen molar-refractivity contribution >= 4 is 40.9 Å². The Morgan fingerprint density at radius 3 is 2.44 bits per heavy atom. The van der Waals surface area contributed by atoms with Crippen LogP contribution in [0.2, 0.25) is 0 Å². The first-order chi connectivity index (χ1) is 4.27. The van der Waals surface area contributed by atoms with Crippen LogP contribution in [0.5, 0.6) is 0 Å². The van der Waals surface area contributed by atoms with Gasteiger partial charge in [0.2, 0.25) is 6.85 Å². The molecule has 0 aromatic heterocycles. The van der Waals surface area contributed by atoms with Crippen molar-refractivity contribution in [1.82, 2.24) is 0 Å². The Morgan fingerprint density at radius 2 is 2.00 bits per heavy atom. The molecule has 5 heteroatoms. The van der Waals surface area contributed by atoms with E-state index in [0.29, 0.717) is 5.88 Å². The molecule has 0 aliphatic carbocycles. The molecule has 0 aliphatic rings. The highest BCUT2D eigenvalue weighted by molar-refractivity contribution is 8.00. The molecule has 0 atom stereocenters. The van der Waals surface area contributed by atoms with Crippen molar-refractivity contribution < 1.29 is 4.52 Å². The second kappa shape index (κ2) is 6.93. The molecule has 0 spiro atoms. The SMILES string of the molecule is ClCC#CCOP(Cl)Cl. The van der Waals surface area contributed by atoms with Gasteiger partial charge in [-0.05, 0) is 22.5 Å². The summed E-state index contributed by atoms with van der Waals surface area (Å²) in [6.45, 7) is -1.06. The number of hydrogen-bond acceptors (Lipinski definition) is 1. The first-order valence-corrected chi connectivity index (χ1v) is 5.64. The molecule has 0 aliphatic heterocycles. The average Bonchev–Trinajstić information content (AvgIpc) is 1.80. The van der Waals surface area contributed by atoms with Gasteiger partial charge in [0.15, 0.2) is 0 Å². The fourth-order valence-corrected chi connectivity index (χ4v) is 0.729. The van der Waals surface area contributed by atoms with E-state index in [1.165, 1.54) is 0 Å². The van der Waals surface area contributed by atoms with Gasteiger partial charge in [-0.15, -0.1) is 11.6 Å². The van der Waals surface area contributed by atoms with E-state index in [9.17, 15) is 0 Å². The predicted octanol–water partition coefficient (Wildman–Crippen LogP) is 2.95. The normalized spacial score (nSPS) is 8.89. The van der Waals surface area contributed by atoms with Gasteiger partial charge in [-0.2, -0.15) is 0 Å². The highest BCUT2D eigenvalue weighted by Gasteiger charge is 1.93. The smallest absolute Gasteiger partial charge is 0.226 e. The summed E-state index contributed by atoms with van der Waals surface area (Å²) in [7, 11) is 0. The lowest BCUT2D eigenvalue weighted by Gasteiger charge is -1.93. The second-order valence-corrected chi connectivity index (χ2v) is 4.25. The van der Waals surface area contributed by atoms with Crippen molar-refractivity contribution in [3.8, 4) is 11.8 Å². The van der Waals surface area contributed by atoms with Crippen LogP contribution in [0.15, 0.2) is 0 Å². The maximum absolute atomic E-state index is 5.26. The van der Waals surface area contributed by atoms with Crippen LogP contribution in [0.25, 0.3) is 0 Å². The van der Waals surface area contributed by atoms with E-state index in [1.54, 1.807) is 0 Å². The molecule has 0 N–H and O–H groups in total. The Balaban J connectivity index is 3.09. The summed E-state index contributed by atoms with van der Waals surface area (Å²) >= 11 is 15.8. The largest absolute Gasteiger partial charge is 0.319 e. The first-order valence-electron chi connectivity index (χ1n) is 2.03. The Morgan fingerprint density at radius 1 is 1.33 bits per heavy atom. The van der Waals surface area contributed by atoms with Crippen molar-refractivity contribution in [2.45, 2.75) is 0 Å². The number of rotatable bonds is 2. The Bertz CT molecular complexity index is 117. The van der Waals surface area contributed by atoms with Gasteiger partial charge in [0.1, 0.15) is 6.61 Å². The van der Waals surface area contributed by atoms with E-state index in [0.717, 1.165) is 0 Å². The zero-order chi connectivity index (χ0) is 7.11. The molecule has 9 heavy (non-hydrogen) atoms. The highest BCUT2D eigenvalue weighted by atomic mass is 35.9. The maximum Gasteiger partial charge on any atom is 0.226 e. The molecule has 0 amide bonds. The van der Waals surface area contributed by atoms with Gasteiger partial charge in [-0.3, -0.25) is 0 Å². The third-order valence-corrected chi connectivity index (χ3v) is 1.47. The lowest BCUT2D eigenvalue weighted by atomic mass is 10.6. The molecular weight excluding hydrogens is 201 g/mol. The Hall–Kier alpha value is 0.820. The zero-order valence-corrected chi connectivity index (χ0v) is 7.57. The summed E-state index contributed by atoms with van der Waals surface area (Å²) in [5.74, 6) is 5.51. The van der Waals surface area contributed by atoms with E-state index in [1.807, 2.05) is 0 Å². The molecule has 0 saturated carbocycles. The molecule has 0 fully saturated rings. The third kappa shape index (κ3) is 8.82. The van der Waals surface area contributed by atoms with E-state index in [-0.39, 0.29) is 6.61 Å². The maximum atomic E-state index is 5.26. The van der Waals surface area contributed by atoms with Crippen molar-refractivity contribution in [3.63, 3.8) is 0 Å². The topological polar surface area (TPSA) is 9.23 Å². The Labute approximate surface area is 70.0 Å². The second-order valence-electron chi connectivity index (χ2n) is 0.963. The Kier molecular flexibility index (Phi) is 7.57. The first kappa shape index (κ1) is 9.82. The minimum atomic E-state index is -1.32. The third-order valence-electron chi connectivity index (χ3n) is 0.426. The van der Waals surface area contributed by atoms with Crippen molar-refractivity contribution in [1.29, 1.82) is 0 Å². The van der Waals surface area contributed by atoms with Gasteiger partial charge in [0.05, 0.1) is 5.88 Å². The van der Waals surface area contributed by atoms with Crippen molar-refractivity contribution in [2.24, 2.45) is 0 Å². The fraction of sp³-hybridized carbons (Fsp3) is 0.500. The molecule has 0 heterocycles. The van der Waals surface area contributed by atoms with Crippen LogP contribution < -0.4 is 0 Å². The molecule has 0 bridgehead atoms. The lowest BCUT2D eigenvalue weighted by molar-refractivity contribution is 0.429. The fourth-order valence-electron chi connectivity index (χ4n) is 0.179. The molecule has 0 radical (unpaired) electrons. The van der Waals surface area contributed by atoms with Crippen LogP contribution in [0.4, 0.5) is 0 Å². The van der Waals surface area contributed by atoms with Crippen molar-refractivity contribution in [3.05, 3.63) is 0 Å². The summed E-state index contributed by atoms with van der Waals surface area (Å²) in [5, 5.41) is 0. The van der Waals surface area contributed by atoms with E-state index < -0.39 is 6.85 Å². The molecule has 0 aromatic carbocycles. The molecule has 52 valence electrons. The molecule has 0 saturated heterocycles. The van der Waals surface area contributed by atoms with Crippen LogP contribution in [0.3, 0.4) is 0 Å². The summed E-state index contributed by atoms with van der Waals surface area (Å²) in [6, 6.07) is 0. The summed E-state index contributed by atoms with van der Waals surface area (Å²) in [6.07, 6.45) is 0. The summed E-state index contributed by atoms with van der Waals surface area (Å²) < 4.78 is 4.71. The monoisotopic (exact) mass is 204 g/mol.